The molecule has 0 aromatic heterocycles. The van der Waals surface area contributed by atoms with E-state index in [0.717, 1.165) is 35.7 Å². The van der Waals surface area contributed by atoms with E-state index in [2.05, 4.69) is 0 Å². The van der Waals surface area contributed by atoms with Crippen molar-refractivity contribution in [1.82, 2.24) is 0 Å². The van der Waals surface area contributed by atoms with Gasteiger partial charge in [0.05, 0.1) is 6.10 Å². The fourth-order valence-electron chi connectivity index (χ4n) is 2.00. The third-order valence-electron chi connectivity index (χ3n) is 2.97. The summed E-state index contributed by atoms with van der Waals surface area (Å²) < 4.78 is 18.7. The lowest BCUT2D eigenvalue weighted by atomic mass is 10.1. The Morgan fingerprint density at radius 1 is 1.41 bits per heavy atom. The molecule has 1 aliphatic heterocycles. The molecule has 0 bridgehead atoms. The number of thioether (sulfide) groups is 1. The summed E-state index contributed by atoms with van der Waals surface area (Å²) in [7, 11) is 0. The molecular formula is C13H18FNOS. The van der Waals surface area contributed by atoms with E-state index in [0.29, 0.717) is 12.6 Å². The molecule has 2 rings (SSSR count). The van der Waals surface area contributed by atoms with E-state index in [1.807, 2.05) is 0 Å². The fourth-order valence-corrected chi connectivity index (χ4v) is 3.14. The minimum Gasteiger partial charge on any atom is -0.377 e. The predicted octanol–water partition coefficient (Wildman–Crippen LogP) is 2.70. The molecule has 94 valence electrons. The molecule has 0 aliphatic carbocycles. The molecule has 1 heterocycles. The number of halogens is 1. The van der Waals surface area contributed by atoms with Crippen LogP contribution in [0.5, 0.6) is 0 Å². The molecular weight excluding hydrogens is 237 g/mol. The normalized spacial score (nSPS) is 19.8. The first-order valence-electron chi connectivity index (χ1n) is 5.96. The Morgan fingerprint density at radius 2 is 2.29 bits per heavy atom. The van der Waals surface area contributed by atoms with E-state index in [-0.39, 0.29) is 5.82 Å². The molecule has 1 aromatic rings. The molecule has 1 saturated heterocycles. The molecule has 0 saturated carbocycles. The second-order valence-electron chi connectivity index (χ2n) is 4.27. The highest BCUT2D eigenvalue weighted by molar-refractivity contribution is 7.98. The summed E-state index contributed by atoms with van der Waals surface area (Å²) in [6.45, 7) is 1.36. The average molecular weight is 255 g/mol. The smallest absolute Gasteiger partial charge is 0.123 e. The lowest BCUT2D eigenvalue weighted by Crippen LogP contribution is -2.08. The van der Waals surface area contributed by atoms with Crippen LogP contribution in [0.3, 0.4) is 0 Å². The molecule has 2 nitrogen and oxygen atoms in total. The highest BCUT2D eigenvalue weighted by atomic mass is 32.2. The average Bonchev–Trinajstić information content (AvgIpc) is 2.82. The van der Waals surface area contributed by atoms with Crippen molar-refractivity contribution in [3.63, 3.8) is 0 Å². The first-order valence-corrected chi connectivity index (χ1v) is 7.12. The Bertz CT molecular complexity index is 366. The molecule has 1 aromatic carbocycles. The maximum Gasteiger partial charge on any atom is 0.123 e. The zero-order chi connectivity index (χ0) is 12.1. The second kappa shape index (κ2) is 6.38. The largest absolute Gasteiger partial charge is 0.377 e. The van der Waals surface area contributed by atoms with Gasteiger partial charge in [-0.1, -0.05) is 6.07 Å². The van der Waals surface area contributed by atoms with Crippen LogP contribution >= 0.6 is 11.8 Å². The standard InChI is InChI=1S/C13H18FNOS/c14-12-4-3-10(7-15)11(6-12)8-17-9-13-2-1-5-16-13/h3-4,6,13H,1-2,5,7-9,15H2. The van der Waals surface area contributed by atoms with Gasteiger partial charge in [0, 0.05) is 24.7 Å². The van der Waals surface area contributed by atoms with E-state index in [1.165, 1.54) is 12.5 Å². The fraction of sp³-hybridized carbons (Fsp3) is 0.538. The maximum absolute atomic E-state index is 13.1. The van der Waals surface area contributed by atoms with Gasteiger partial charge in [0.1, 0.15) is 5.82 Å². The van der Waals surface area contributed by atoms with Crippen molar-refractivity contribution in [3.05, 3.63) is 35.1 Å². The van der Waals surface area contributed by atoms with Gasteiger partial charge in [-0.25, -0.2) is 4.39 Å². The maximum atomic E-state index is 13.1. The van der Waals surface area contributed by atoms with Crippen LogP contribution in [-0.4, -0.2) is 18.5 Å². The van der Waals surface area contributed by atoms with Crippen LogP contribution in [0.15, 0.2) is 18.2 Å². The van der Waals surface area contributed by atoms with E-state index in [9.17, 15) is 4.39 Å². The molecule has 1 atom stereocenters. The molecule has 0 amide bonds. The van der Waals surface area contributed by atoms with Gasteiger partial charge in [-0.3, -0.25) is 0 Å². The van der Waals surface area contributed by atoms with Crippen molar-refractivity contribution < 1.29 is 9.13 Å². The summed E-state index contributed by atoms with van der Waals surface area (Å²) >= 11 is 1.79. The Morgan fingerprint density at radius 3 is 3.00 bits per heavy atom. The molecule has 0 radical (unpaired) electrons. The zero-order valence-electron chi connectivity index (χ0n) is 9.82. The number of rotatable bonds is 5. The highest BCUT2D eigenvalue weighted by Crippen LogP contribution is 2.22. The number of ether oxygens (including phenoxy) is 1. The Labute approximate surface area is 106 Å². The van der Waals surface area contributed by atoms with Crippen LogP contribution in [0.25, 0.3) is 0 Å². The van der Waals surface area contributed by atoms with Gasteiger partial charge in [-0.15, -0.1) is 0 Å². The summed E-state index contributed by atoms with van der Waals surface area (Å²) in [5, 5.41) is 0. The van der Waals surface area contributed by atoms with Crippen LogP contribution < -0.4 is 5.73 Å². The number of hydrogen-bond acceptors (Lipinski definition) is 3. The minimum absolute atomic E-state index is 0.185. The quantitative estimate of drug-likeness (QED) is 0.878. The van der Waals surface area contributed by atoms with Gasteiger partial charge < -0.3 is 10.5 Å². The molecule has 0 spiro atoms. The number of nitrogens with two attached hydrogens (primary N) is 1. The van der Waals surface area contributed by atoms with Crippen LogP contribution in [0.2, 0.25) is 0 Å². The number of hydrogen-bond donors (Lipinski definition) is 1. The van der Waals surface area contributed by atoms with Gasteiger partial charge in [0.15, 0.2) is 0 Å². The predicted molar refractivity (Wildman–Crippen MR) is 69.4 cm³/mol. The van der Waals surface area contributed by atoms with Gasteiger partial charge in [-0.05, 0) is 36.1 Å². The van der Waals surface area contributed by atoms with Crippen molar-refractivity contribution in [2.24, 2.45) is 5.73 Å². The molecule has 17 heavy (non-hydrogen) atoms. The monoisotopic (exact) mass is 255 g/mol. The van der Waals surface area contributed by atoms with Crippen LogP contribution in [0, 0.1) is 5.82 Å². The summed E-state index contributed by atoms with van der Waals surface area (Å²) in [6.07, 6.45) is 2.70. The SMILES string of the molecule is NCc1ccc(F)cc1CSCC1CCCO1. The number of benzene rings is 1. The molecule has 2 N–H and O–H groups in total. The lowest BCUT2D eigenvalue weighted by molar-refractivity contribution is 0.129. The zero-order valence-corrected chi connectivity index (χ0v) is 10.6. The molecule has 1 fully saturated rings. The van der Waals surface area contributed by atoms with Crippen molar-refractivity contribution in [2.75, 3.05) is 12.4 Å². The molecule has 1 aliphatic rings. The topological polar surface area (TPSA) is 35.2 Å². The van der Waals surface area contributed by atoms with E-state index in [1.54, 1.807) is 23.9 Å². The lowest BCUT2D eigenvalue weighted by Gasteiger charge is -2.11. The van der Waals surface area contributed by atoms with Crippen molar-refractivity contribution >= 4 is 11.8 Å². The summed E-state index contributed by atoms with van der Waals surface area (Å²) in [4.78, 5) is 0. The van der Waals surface area contributed by atoms with Gasteiger partial charge in [-0.2, -0.15) is 11.8 Å². The Kier molecular flexibility index (Phi) is 4.83. The summed E-state index contributed by atoms with van der Waals surface area (Å²) in [5.74, 6) is 1.61. The second-order valence-corrected chi connectivity index (χ2v) is 5.30. The minimum atomic E-state index is -0.185. The van der Waals surface area contributed by atoms with E-state index >= 15 is 0 Å². The van der Waals surface area contributed by atoms with Crippen LogP contribution in [0.1, 0.15) is 24.0 Å². The van der Waals surface area contributed by atoms with Gasteiger partial charge in [0.25, 0.3) is 0 Å². The first kappa shape index (κ1) is 12.9. The van der Waals surface area contributed by atoms with Crippen LogP contribution in [0.4, 0.5) is 4.39 Å². The van der Waals surface area contributed by atoms with Gasteiger partial charge in [0.2, 0.25) is 0 Å². The summed E-state index contributed by atoms with van der Waals surface area (Å²) in [6, 6.07) is 4.83. The van der Waals surface area contributed by atoms with Gasteiger partial charge >= 0.3 is 0 Å². The van der Waals surface area contributed by atoms with Crippen molar-refractivity contribution in [3.8, 4) is 0 Å². The Hall–Kier alpha value is -0.580. The Balaban J connectivity index is 1.86. The van der Waals surface area contributed by atoms with Crippen molar-refractivity contribution in [2.45, 2.75) is 31.2 Å². The third kappa shape index (κ3) is 3.69. The third-order valence-corrected chi connectivity index (χ3v) is 4.10. The summed E-state index contributed by atoms with van der Waals surface area (Å²) in [5.41, 5.74) is 7.68. The van der Waals surface area contributed by atoms with Crippen molar-refractivity contribution in [1.29, 1.82) is 0 Å². The first-order chi connectivity index (χ1) is 8.29. The molecule has 4 heteroatoms. The van der Waals surface area contributed by atoms with E-state index in [4.69, 9.17) is 10.5 Å². The molecule has 1 unspecified atom stereocenters. The van der Waals surface area contributed by atoms with Crippen LogP contribution in [-0.2, 0) is 17.0 Å². The van der Waals surface area contributed by atoms with E-state index < -0.39 is 0 Å². The highest BCUT2D eigenvalue weighted by Gasteiger charge is 2.15.